The van der Waals surface area contributed by atoms with Gasteiger partial charge in [0.1, 0.15) is 0 Å². The van der Waals surface area contributed by atoms with Crippen LogP contribution < -0.4 is 0 Å². The highest BCUT2D eigenvalue weighted by molar-refractivity contribution is 6.74. The molecule has 102 valence electrons. The van der Waals surface area contributed by atoms with E-state index >= 15 is 0 Å². The number of rotatable bonds is 2. The van der Waals surface area contributed by atoms with E-state index in [-0.39, 0.29) is 11.1 Å². The average molecular weight is 262 g/mol. The molecule has 1 rings (SSSR count). The van der Waals surface area contributed by atoms with Crippen LogP contribution in [0.5, 0.6) is 0 Å². The predicted molar refractivity (Wildman–Crippen MR) is 69.2 cm³/mol. The van der Waals surface area contributed by atoms with Gasteiger partial charge in [-0.1, -0.05) is 20.8 Å². The largest absolute Gasteiger partial charge is 0.409 e. The molecular weight excluding hydrogens is 236 g/mol. The van der Waals surface area contributed by atoms with Crippen LogP contribution in [-0.2, 0) is 9.16 Å². The first kappa shape index (κ1) is 15.1. The lowest BCUT2D eigenvalue weighted by molar-refractivity contribution is -0.236. The van der Waals surface area contributed by atoms with Gasteiger partial charge in [0.25, 0.3) is 0 Å². The maximum Gasteiger partial charge on any atom is 0.192 e. The molecular formula is C12H26O4Si. The summed E-state index contributed by atoms with van der Waals surface area (Å²) >= 11 is 0. The van der Waals surface area contributed by atoms with Crippen molar-refractivity contribution in [1.29, 1.82) is 0 Å². The van der Waals surface area contributed by atoms with Crippen molar-refractivity contribution in [2.24, 2.45) is 0 Å². The summed E-state index contributed by atoms with van der Waals surface area (Å²) in [6, 6.07) is 0. The van der Waals surface area contributed by atoms with Crippen LogP contribution in [0, 0.1) is 0 Å². The average Bonchev–Trinajstić information content (AvgIpc) is 2.12. The first-order chi connectivity index (χ1) is 7.54. The molecule has 4 nitrogen and oxygen atoms in total. The Hall–Kier alpha value is 0.0569. The normalized spacial score (nSPS) is 36.0. The summed E-state index contributed by atoms with van der Waals surface area (Å²) in [5, 5.41) is 19.7. The van der Waals surface area contributed by atoms with E-state index in [4.69, 9.17) is 9.16 Å². The minimum atomic E-state index is -1.94. The first-order valence-electron chi connectivity index (χ1n) is 6.24. The molecule has 0 spiro atoms. The van der Waals surface area contributed by atoms with Crippen molar-refractivity contribution in [3.05, 3.63) is 0 Å². The lowest BCUT2D eigenvalue weighted by Gasteiger charge is -2.43. The number of ether oxygens (including phenoxy) is 1. The molecule has 0 aromatic rings. The van der Waals surface area contributed by atoms with Gasteiger partial charge in [-0.15, -0.1) is 0 Å². The van der Waals surface area contributed by atoms with E-state index < -0.39 is 26.8 Å². The summed E-state index contributed by atoms with van der Waals surface area (Å²) in [6.45, 7) is 12.5. The van der Waals surface area contributed by atoms with E-state index in [1.807, 2.05) is 0 Å². The van der Waals surface area contributed by atoms with Crippen molar-refractivity contribution in [3.8, 4) is 0 Å². The minimum Gasteiger partial charge on any atom is -0.409 e. The highest BCUT2D eigenvalue weighted by Gasteiger charge is 2.43. The van der Waals surface area contributed by atoms with Crippen LogP contribution in [0.4, 0.5) is 0 Å². The molecule has 0 aromatic carbocycles. The third-order valence-corrected chi connectivity index (χ3v) is 8.44. The van der Waals surface area contributed by atoms with E-state index in [1.54, 1.807) is 6.92 Å². The van der Waals surface area contributed by atoms with Gasteiger partial charge in [0, 0.05) is 6.42 Å². The monoisotopic (exact) mass is 262 g/mol. The highest BCUT2D eigenvalue weighted by atomic mass is 28.4. The zero-order valence-electron chi connectivity index (χ0n) is 11.7. The molecule has 1 aliphatic heterocycles. The Morgan fingerprint density at radius 3 is 2.24 bits per heavy atom. The molecule has 0 saturated carbocycles. The Labute approximate surface area is 105 Å². The second-order valence-electron chi connectivity index (χ2n) is 6.45. The fourth-order valence-electron chi connectivity index (χ4n) is 1.61. The Kier molecular flexibility index (Phi) is 4.42. The maximum atomic E-state index is 9.85. The second-order valence-corrected chi connectivity index (χ2v) is 11.2. The highest BCUT2D eigenvalue weighted by Crippen LogP contribution is 2.39. The fraction of sp³-hybridized carbons (Fsp3) is 1.00. The summed E-state index contributed by atoms with van der Waals surface area (Å²) < 4.78 is 11.4. The van der Waals surface area contributed by atoms with Crippen LogP contribution in [0.25, 0.3) is 0 Å². The van der Waals surface area contributed by atoms with Crippen LogP contribution in [0.1, 0.15) is 34.1 Å². The molecule has 0 amide bonds. The van der Waals surface area contributed by atoms with Gasteiger partial charge < -0.3 is 19.4 Å². The summed E-state index contributed by atoms with van der Waals surface area (Å²) in [7, 11) is -1.94. The number of hydrogen-bond acceptors (Lipinski definition) is 4. The van der Waals surface area contributed by atoms with Gasteiger partial charge >= 0.3 is 0 Å². The molecule has 1 aliphatic rings. The van der Waals surface area contributed by atoms with Gasteiger partial charge in [-0.2, -0.15) is 0 Å². The number of aliphatic hydroxyl groups excluding tert-OH is 2. The van der Waals surface area contributed by atoms with E-state index in [9.17, 15) is 10.2 Å². The molecule has 17 heavy (non-hydrogen) atoms. The van der Waals surface area contributed by atoms with Crippen molar-refractivity contribution >= 4 is 8.32 Å². The lowest BCUT2D eigenvalue weighted by atomic mass is 10.0. The van der Waals surface area contributed by atoms with Gasteiger partial charge in [0.2, 0.25) is 0 Å². The minimum absolute atomic E-state index is 0.0841. The molecule has 0 aliphatic carbocycles. The Morgan fingerprint density at radius 1 is 1.24 bits per heavy atom. The smallest absolute Gasteiger partial charge is 0.192 e. The SMILES string of the molecule is C[C@H]1O[C@@H](O)[C@H](O[Si](C)(C)C(C)(C)C)C[C@@H]1O. The van der Waals surface area contributed by atoms with Crippen LogP contribution in [0.2, 0.25) is 18.1 Å². The zero-order chi connectivity index (χ0) is 13.4. The van der Waals surface area contributed by atoms with Crippen LogP contribution in [-0.4, -0.2) is 43.1 Å². The van der Waals surface area contributed by atoms with E-state index in [2.05, 4.69) is 33.9 Å². The summed E-state index contributed by atoms with van der Waals surface area (Å²) in [4.78, 5) is 0. The van der Waals surface area contributed by atoms with Gasteiger partial charge in [-0.05, 0) is 25.1 Å². The third kappa shape index (κ3) is 3.51. The van der Waals surface area contributed by atoms with Crippen LogP contribution >= 0.6 is 0 Å². The molecule has 1 heterocycles. The molecule has 5 heteroatoms. The second kappa shape index (κ2) is 4.97. The van der Waals surface area contributed by atoms with Crippen LogP contribution in [0.3, 0.4) is 0 Å². The van der Waals surface area contributed by atoms with E-state index in [0.29, 0.717) is 6.42 Å². The summed E-state index contributed by atoms with van der Waals surface area (Å²) in [5.74, 6) is 0. The Morgan fingerprint density at radius 2 is 1.76 bits per heavy atom. The molecule has 1 saturated heterocycles. The van der Waals surface area contributed by atoms with Gasteiger partial charge in [-0.3, -0.25) is 0 Å². The van der Waals surface area contributed by atoms with Crippen molar-refractivity contribution in [2.45, 2.75) is 76.8 Å². The van der Waals surface area contributed by atoms with Gasteiger partial charge in [-0.25, -0.2) is 0 Å². The van der Waals surface area contributed by atoms with Crippen molar-refractivity contribution in [1.82, 2.24) is 0 Å². The van der Waals surface area contributed by atoms with Crippen LogP contribution in [0.15, 0.2) is 0 Å². The van der Waals surface area contributed by atoms with Gasteiger partial charge in [0.15, 0.2) is 14.6 Å². The van der Waals surface area contributed by atoms with Crippen molar-refractivity contribution < 1.29 is 19.4 Å². The zero-order valence-corrected chi connectivity index (χ0v) is 12.7. The maximum absolute atomic E-state index is 9.85. The lowest BCUT2D eigenvalue weighted by Crippen LogP contribution is -2.53. The molecule has 2 N–H and O–H groups in total. The summed E-state index contributed by atoms with van der Waals surface area (Å²) in [5.41, 5.74) is 0. The molecule has 1 fully saturated rings. The molecule has 0 unspecified atom stereocenters. The quantitative estimate of drug-likeness (QED) is 0.746. The predicted octanol–water partition coefficient (Wildman–Crippen LogP) is 1.86. The van der Waals surface area contributed by atoms with Crippen molar-refractivity contribution in [3.63, 3.8) is 0 Å². The molecule has 0 radical (unpaired) electrons. The summed E-state index contributed by atoms with van der Waals surface area (Å²) in [6.07, 6.45) is -1.79. The molecule has 4 atom stereocenters. The Balaban J connectivity index is 2.69. The number of aliphatic hydroxyl groups is 2. The fourth-order valence-corrected chi connectivity index (χ4v) is 2.93. The number of hydrogen-bond donors (Lipinski definition) is 2. The molecule has 0 aromatic heterocycles. The topological polar surface area (TPSA) is 58.9 Å². The third-order valence-electron chi connectivity index (χ3n) is 3.94. The van der Waals surface area contributed by atoms with E-state index in [1.165, 1.54) is 0 Å². The first-order valence-corrected chi connectivity index (χ1v) is 9.15. The Bertz CT molecular complexity index is 262. The standard InChI is InChI=1S/C12H26O4Si/c1-8-9(13)7-10(11(14)15-8)16-17(5,6)12(2,3)4/h8-11,13-14H,7H2,1-6H3/t8-,9+,10-,11-/m1/s1. The van der Waals surface area contributed by atoms with E-state index in [0.717, 1.165) is 0 Å². The van der Waals surface area contributed by atoms with Gasteiger partial charge in [0.05, 0.1) is 18.3 Å². The van der Waals surface area contributed by atoms with Crippen molar-refractivity contribution in [2.75, 3.05) is 0 Å². The molecule has 0 bridgehead atoms.